The van der Waals surface area contributed by atoms with Crippen LogP contribution in [0.25, 0.3) is 0 Å². The van der Waals surface area contributed by atoms with E-state index in [1.807, 2.05) is 0 Å². The summed E-state index contributed by atoms with van der Waals surface area (Å²) in [6, 6.07) is 0. The van der Waals surface area contributed by atoms with E-state index in [9.17, 15) is 4.79 Å². The summed E-state index contributed by atoms with van der Waals surface area (Å²) < 4.78 is 54.7. The molecular formula is C37H74O11. The van der Waals surface area contributed by atoms with Crippen LogP contribution in [0.2, 0.25) is 0 Å². The second-order valence-corrected chi connectivity index (χ2v) is 11.7. The molecule has 0 N–H and O–H groups in total. The number of ether oxygens (including phenoxy) is 10. The van der Waals surface area contributed by atoms with Gasteiger partial charge in [-0.05, 0) is 12.8 Å². The third kappa shape index (κ3) is 43.1. The van der Waals surface area contributed by atoms with Gasteiger partial charge in [0.2, 0.25) is 0 Å². The Morgan fingerprint density at radius 3 is 0.875 bits per heavy atom. The first kappa shape index (κ1) is 47.1. The molecule has 0 aliphatic heterocycles. The third-order valence-electron chi connectivity index (χ3n) is 7.34. The summed E-state index contributed by atoms with van der Waals surface area (Å²) in [4.78, 5) is 11.8. The number of hydrogen-bond acceptors (Lipinski definition) is 11. The highest BCUT2D eigenvalue weighted by molar-refractivity contribution is 5.69. The zero-order valence-corrected chi connectivity index (χ0v) is 31.0. The van der Waals surface area contributed by atoms with Crippen LogP contribution < -0.4 is 0 Å². The molecule has 11 heteroatoms. The summed E-state index contributed by atoms with van der Waals surface area (Å²) in [5.41, 5.74) is 0. The molecule has 0 amide bonds. The second kappa shape index (κ2) is 44.1. The summed E-state index contributed by atoms with van der Waals surface area (Å²) in [7, 11) is 0. The van der Waals surface area contributed by atoms with Crippen molar-refractivity contribution in [2.45, 2.75) is 110 Å². The minimum atomic E-state index is -0.132. The van der Waals surface area contributed by atoms with Crippen LogP contribution in [0, 0.1) is 0 Å². The minimum absolute atomic E-state index is 0.132. The van der Waals surface area contributed by atoms with Gasteiger partial charge < -0.3 is 47.4 Å². The summed E-state index contributed by atoms with van der Waals surface area (Å²) in [6.07, 6.45) is 17.9. The highest BCUT2D eigenvalue weighted by Crippen LogP contribution is 2.10. The van der Waals surface area contributed by atoms with E-state index in [1.54, 1.807) is 0 Å². The van der Waals surface area contributed by atoms with Crippen molar-refractivity contribution >= 4 is 5.97 Å². The first-order chi connectivity index (χ1) is 23.8. The number of carbonyl (C=O) groups is 1. The molecule has 0 aromatic carbocycles. The number of rotatable bonds is 43. The van der Waals surface area contributed by atoms with Crippen LogP contribution in [0.3, 0.4) is 0 Å². The quantitative estimate of drug-likeness (QED) is 0.0511. The van der Waals surface area contributed by atoms with E-state index in [2.05, 4.69) is 13.8 Å². The maximum atomic E-state index is 11.8. The van der Waals surface area contributed by atoms with Crippen LogP contribution in [0.15, 0.2) is 0 Å². The highest BCUT2D eigenvalue weighted by atomic mass is 16.6. The van der Waals surface area contributed by atoms with Crippen LogP contribution in [-0.4, -0.2) is 132 Å². The van der Waals surface area contributed by atoms with Gasteiger partial charge in [0, 0.05) is 13.0 Å². The SMILES string of the molecule is CCCCCCCCCCCC(=O)OCCOCCOCCOCCOCCOCCOCCOCCOCCOCCCCCCC. The smallest absolute Gasteiger partial charge is 0.305 e. The van der Waals surface area contributed by atoms with E-state index in [-0.39, 0.29) is 5.97 Å². The summed E-state index contributed by atoms with van der Waals surface area (Å²) >= 11 is 0. The summed E-state index contributed by atoms with van der Waals surface area (Å²) in [5, 5.41) is 0. The Bertz CT molecular complexity index is 598. The van der Waals surface area contributed by atoms with Crippen molar-refractivity contribution in [1.29, 1.82) is 0 Å². The molecule has 0 saturated heterocycles. The molecule has 0 unspecified atom stereocenters. The standard InChI is InChI=1S/C37H74O11/c1-3-5-7-9-10-11-12-13-15-17-37(38)48-36-35-47-34-33-46-32-31-45-30-29-44-28-27-43-26-25-42-24-23-41-22-21-40-20-19-39-18-16-14-8-6-4-2/h3-36H2,1-2H3. The molecule has 0 aliphatic carbocycles. The van der Waals surface area contributed by atoms with E-state index < -0.39 is 0 Å². The lowest BCUT2D eigenvalue weighted by atomic mass is 10.1. The number of unbranched alkanes of at least 4 members (excludes halogenated alkanes) is 12. The molecule has 0 rings (SSSR count). The van der Waals surface area contributed by atoms with Gasteiger partial charge >= 0.3 is 5.97 Å². The molecular weight excluding hydrogens is 620 g/mol. The predicted octanol–water partition coefficient (Wildman–Crippen LogP) is 6.57. The van der Waals surface area contributed by atoms with E-state index in [0.29, 0.717) is 125 Å². The maximum Gasteiger partial charge on any atom is 0.305 e. The molecule has 0 aromatic heterocycles. The largest absolute Gasteiger partial charge is 0.463 e. The lowest BCUT2D eigenvalue weighted by molar-refractivity contribution is -0.145. The van der Waals surface area contributed by atoms with E-state index in [4.69, 9.17) is 47.4 Å². The molecule has 0 fully saturated rings. The topological polar surface area (TPSA) is 109 Å². The van der Waals surface area contributed by atoms with Crippen molar-refractivity contribution in [2.75, 3.05) is 126 Å². The Hall–Kier alpha value is -0.890. The number of carbonyl (C=O) groups excluding carboxylic acids is 1. The summed E-state index contributed by atoms with van der Waals surface area (Å²) in [6.45, 7) is 14.4. The van der Waals surface area contributed by atoms with Gasteiger partial charge in [-0.25, -0.2) is 0 Å². The normalized spacial score (nSPS) is 11.5. The highest BCUT2D eigenvalue weighted by Gasteiger charge is 2.03. The van der Waals surface area contributed by atoms with Gasteiger partial charge in [-0.2, -0.15) is 0 Å². The molecule has 0 spiro atoms. The van der Waals surface area contributed by atoms with Gasteiger partial charge in [-0.1, -0.05) is 90.9 Å². The van der Waals surface area contributed by atoms with Gasteiger partial charge in [0.1, 0.15) is 6.61 Å². The average Bonchev–Trinajstić information content (AvgIpc) is 3.09. The van der Waals surface area contributed by atoms with Gasteiger partial charge in [-0.15, -0.1) is 0 Å². The van der Waals surface area contributed by atoms with Crippen LogP contribution in [0.5, 0.6) is 0 Å². The molecule has 0 bridgehead atoms. The Morgan fingerprint density at radius 1 is 0.292 bits per heavy atom. The Morgan fingerprint density at radius 2 is 0.542 bits per heavy atom. The zero-order chi connectivity index (χ0) is 34.7. The molecule has 0 atom stereocenters. The fourth-order valence-electron chi connectivity index (χ4n) is 4.54. The van der Waals surface area contributed by atoms with Crippen molar-refractivity contribution in [3.05, 3.63) is 0 Å². The van der Waals surface area contributed by atoms with Crippen molar-refractivity contribution < 1.29 is 52.2 Å². The maximum absolute atomic E-state index is 11.8. The molecule has 0 aliphatic rings. The van der Waals surface area contributed by atoms with E-state index >= 15 is 0 Å². The predicted molar refractivity (Wildman–Crippen MR) is 189 cm³/mol. The van der Waals surface area contributed by atoms with Crippen molar-refractivity contribution in [3.63, 3.8) is 0 Å². The van der Waals surface area contributed by atoms with Gasteiger partial charge in [-0.3, -0.25) is 4.79 Å². The molecule has 0 saturated carbocycles. The van der Waals surface area contributed by atoms with E-state index in [0.717, 1.165) is 25.9 Å². The van der Waals surface area contributed by atoms with Gasteiger partial charge in [0.25, 0.3) is 0 Å². The Balaban J connectivity index is 3.10. The molecule has 0 heterocycles. The van der Waals surface area contributed by atoms with Gasteiger partial charge in [0.15, 0.2) is 0 Å². The first-order valence-corrected chi connectivity index (χ1v) is 19.2. The molecule has 48 heavy (non-hydrogen) atoms. The lowest BCUT2D eigenvalue weighted by Crippen LogP contribution is -2.15. The average molecular weight is 695 g/mol. The van der Waals surface area contributed by atoms with Crippen LogP contribution in [0.4, 0.5) is 0 Å². The van der Waals surface area contributed by atoms with Crippen LogP contribution >= 0.6 is 0 Å². The van der Waals surface area contributed by atoms with E-state index in [1.165, 1.54) is 70.6 Å². The minimum Gasteiger partial charge on any atom is -0.463 e. The first-order valence-electron chi connectivity index (χ1n) is 19.2. The Labute approximate surface area is 293 Å². The fraction of sp³-hybridized carbons (Fsp3) is 0.973. The zero-order valence-electron chi connectivity index (χ0n) is 31.0. The van der Waals surface area contributed by atoms with Crippen molar-refractivity contribution in [2.24, 2.45) is 0 Å². The summed E-state index contributed by atoms with van der Waals surface area (Å²) in [5.74, 6) is -0.132. The molecule has 0 radical (unpaired) electrons. The molecule has 11 nitrogen and oxygen atoms in total. The van der Waals surface area contributed by atoms with Crippen molar-refractivity contribution in [3.8, 4) is 0 Å². The number of esters is 1. The van der Waals surface area contributed by atoms with Crippen LogP contribution in [0.1, 0.15) is 110 Å². The van der Waals surface area contributed by atoms with Crippen molar-refractivity contribution in [1.82, 2.24) is 0 Å². The lowest BCUT2D eigenvalue weighted by Gasteiger charge is -2.09. The van der Waals surface area contributed by atoms with Crippen LogP contribution in [-0.2, 0) is 52.2 Å². The molecule has 0 aromatic rings. The second-order valence-electron chi connectivity index (χ2n) is 11.7. The Kier molecular flexibility index (Phi) is 43.3. The molecule has 288 valence electrons. The fourth-order valence-corrected chi connectivity index (χ4v) is 4.54. The van der Waals surface area contributed by atoms with Gasteiger partial charge in [0.05, 0.1) is 112 Å². The monoisotopic (exact) mass is 695 g/mol. The number of hydrogen-bond donors (Lipinski definition) is 0. The third-order valence-corrected chi connectivity index (χ3v) is 7.34.